The van der Waals surface area contributed by atoms with E-state index in [2.05, 4.69) is 27.7 Å². The van der Waals surface area contributed by atoms with E-state index in [0.29, 0.717) is 56.9 Å². The van der Waals surface area contributed by atoms with E-state index < -0.39 is 6.10 Å². The smallest absolute Gasteiger partial charge is 0.870 e. The van der Waals surface area contributed by atoms with Crippen LogP contribution < -0.4 is 51.4 Å². The van der Waals surface area contributed by atoms with E-state index in [1.165, 1.54) is 0 Å². The summed E-state index contributed by atoms with van der Waals surface area (Å²) in [5.41, 5.74) is 0. The third-order valence-corrected chi connectivity index (χ3v) is 6.18. The molecule has 1 saturated heterocycles. The second-order valence-electron chi connectivity index (χ2n) is 11.8. The van der Waals surface area contributed by atoms with E-state index in [9.17, 15) is 15.3 Å². The van der Waals surface area contributed by atoms with Crippen LogP contribution in [0.4, 0.5) is 0 Å². The van der Waals surface area contributed by atoms with Crippen LogP contribution in [-0.4, -0.2) is 126 Å². The van der Waals surface area contributed by atoms with Crippen LogP contribution in [0.1, 0.15) is 88.4 Å². The van der Waals surface area contributed by atoms with Gasteiger partial charge in [0.25, 0.3) is 0 Å². The zero-order chi connectivity index (χ0) is 30.9. The minimum atomic E-state index is -0.954. The van der Waals surface area contributed by atoms with Gasteiger partial charge in [-0.1, -0.05) is 20.8 Å². The van der Waals surface area contributed by atoms with Gasteiger partial charge in [-0.3, -0.25) is 0 Å². The van der Waals surface area contributed by atoms with E-state index in [-0.39, 0.29) is 95.9 Å². The van der Waals surface area contributed by atoms with Gasteiger partial charge in [-0.25, -0.2) is 0 Å². The van der Waals surface area contributed by atoms with Gasteiger partial charge in [-0.2, -0.15) is 0 Å². The van der Waals surface area contributed by atoms with Crippen LogP contribution in [0.15, 0.2) is 0 Å². The van der Waals surface area contributed by atoms with Gasteiger partial charge in [0, 0.05) is 21.2 Å². The van der Waals surface area contributed by atoms with Gasteiger partial charge in [0.2, 0.25) is 0 Å². The maximum atomic E-state index is 9.46. The SMILES string of the molecule is CC(O)CCC(C)COCC(COCC(C)CCC(C)O)OCC(C)CCC(C)O.CC1CO1.OCC(O)CO.[2HH].[K+].[OH-]. The van der Waals surface area contributed by atoms with Crippen LogP contribution >= 0.6 is 0 Å². The van der Waals surface area contributed by atoms with Gasteiger partial charge in [0.05, 0.1) is 57.5 Å². The van der Waals surface area contributed by atoms with Crippen molar-refractivity contribution in [3.05, 3.63) is 0 Å². The molecule has 1 aliphatic rings. The Kier molecular flexibility index (Phi) is 40.0. The van der Waals surface area contributed by atoms with Crippen LogP contribution in [0.3, 0.4) is 0 Å². The second-order valence-corrected chi connectivity index (χ2v) is 11.8. The second kappa shape index (κ2) is 33.6. The molecule has 0 amide bonds. The maximum absolute atomic E-state index is 9.46. The van der Waals surface area contributed by atoms with Crippen molar-refractivity contribution >= 4 is 0 Å². The first-order valence-electron chi connectivity index (χ1n) is 15.1. The van der Waals surface area contributed by atoms with E-state index in [1.807, 2.05) is 20.8 Å². The third kappa shape index (κ3) is 41.2. The summed E-state index contributed by atoms with van der Waals surface area (Å²) >= 11 is 0. The largest absolute Gasteiger partial charge is 1.00 e. The minimum absolute atomic E-state index is 0. The molecule has 12 heteroatoms. The van der Waals surface area contributed by atoms with Crippen molar-refractivity contribution in [3.8, 4) is 0 Å². The number of hydrogen-bond acceptors (Lipinski definition) is 11. The van der Waals surface area contributed by atoms with Crippen molar-refractivity contribution in [2.45, 2.75) is 124 Å². The first-order chi connectivity index (χ1) is 18.8. The Morgan fingerprint density at radius 2 is 0.952 bits per heavy atom. The molecular weight excluding hydrogens is 575 g/mol. The third-order valence-electron chi connectivity index (χ3n) is 6.18. The predicted molar refractivity (Wildman–Crippen MR) is 161 cm³/mol. The quantitative estimate of drug-likeness (QED) is 0.0665. The van der Waals surface area contributed by atoms with Gasteiger partial charge >= 0.3 is 51.4 Å². The monoisotopic (exact) mass is 643 g/mol. The fraction of sp³-hybridized carbons (Fsp3) is 1.00. The number of rotatable bonds is 22. The number of hydrogen-bond donors (Lipinski definition) is 6. The summed E-state index contributed by atoms with van der Waals surface area (Å²) in [5.74, 6) is 1.16. The fourth-order valence-electron chi connectivity index (χ4n) is 3.23. The van der Waals surface area contributed by atoms with Crippen molar-refractivity contribution in [2.24, 2.45) is 17.8 Å². The Labute approximate surface area is 299 Å². The molecule has 1 rings (SSSR count). The molecule has 7 atom stereocenters. The van der Waals surface area contributed by atoms with Gasteiger partial charge in [-0.05, 0) is 84.0 Å². The summed E-state index contributed by atoms with van der Waals surface area (Å²) in [6, 6.07) is 0. The zero-order valence-corrected chi connectivity index (χ0v) is 31.0. The number of epoxide rings is 1. The molecule has 0 aromatic carbocycles. The molecule has 7 N–H and O–H groups in total. The van der Waals surface area contributed by atoms with Crippen LogP contribution in [0.2, 0.25) is 0 Å². The predicted octanol–water partition coefficient (Wildman–Crippen LogP) is -0.394. The number of aliphatic hydroxyl groups is 6. The molecule has 1 fully saturated rings. The van der Waals surface area contributed by atoms with Gasteiger partial charge in [0.1, 0.15) is 12.2 Å². The molecule has 0 saturated carbocycles. The van der Waals surface area contributed by atoms with Crippen LogP contribution in [-0.2, 0) is 18.9 Å². The Morgan fingerprint density at radius 1 is 0.643 bits per heavy atom. The van der Waals surface area contributed by atoms with E-state index in [4.69, 9.17) is 34.3 Å². The molecular formula is C30H67KO11. The molecule has 0 aliphatic carbocycles. The van der Waals surface area contributed by atoms with Gasteiger partial charge < -0.3 is 55.1 Å². The van der Waals surface area contributed by atoms with Crippen LogP contribution in [0.25, 0.3) is 0 Å². The molecule has 42 heavy (non-hydrogen) atoms. The molecule has 1 aliphatic heterocycles. The fourth-order valence-corrected chi connectivity index (χ4v) is 3.23. The maximum Gasteiger partial charge on any atom is 1.00 e. The molecule has 0 aromatic rings. The summed E-state index contributed by atoms with van der Waals surface area (Å²) in [5, 5.41) is 52.3. The average molecular weight is 644 g/mol. The van der Waals surface area contributed by atoms with E-state index in [1.54, 1.807) is 0 Å². The van der Waals surface area contributed by atoms with Crippen LogP contribution in [0.5, 0.6) is 0 Å². The average Bonchev–Trinajstić information content (AvgIpc) is 3.69. The summed E-state index contributed by atoms with van der Waals surface area (Å²) in [4.78, 5) is 0. The molecule has 1 heterocycles. The first-order valence-corrected chi connectivity index (χ1v) is 15.1. The van der Waals surface area contributed by atoms with E-state index in [0.717, 1.165) is 45.1 Å². The minimum Gasteiger partial charge on any atom is -0.870 e. The Hall–Kier alpha value is 1.20. The molecule has 0 spiro atoms. The summed E-state index contributed by atoms with van der Waals surface area (Å²) in [7, 11) is 0. The van der Waals surface area contributed by atoms with Gasteiger partial charge in [-0.15, -0.1) is 0 Å². The van der Waals surface area contributed by atoms with Gasteiger partial charge in [0.15, 0.2) is 0 Å². The van der Waals surface area contributed by atoms with Crippen LogP contribution in [0, 0.1) is 17.8 Å². The molecule has 0 radical (unpaired) electrons. The number of ether oxygens (including phenoxy) is 4. The van der Waals surface area contributed by atoms with Crippen molar-refractivity contribution in [1.29, 1.82) is 0 Å². The standard InChI is InChI=1S/C24H50O6.C3H8O3.C3H6O.K.H2O.H2/c1-18(7-10-21(4)25)13-28-16-24(30-15-20(3)9-12-23(6)27)17-29-14-19(2)8-11-22(5)26;4-1-3(6)2-5;1-3-2-4-3;;;/h18-27H,7-17H2,1-6H3;3-6H,1-2H2;3H,2H2,1H3;;1H2;1H/q;;;+1;;/p-1/i;;;;;1+1. The number of aliphatic hydroxyl groups excluding tert-OH is 6. The van der Waals surface area contributed by atoms with E-state index >= 15 is 0 Å². The van der Waals surface area contributed by atoms with Crippen molar-refractivity contribution in [1.82, 2.24) is 0 Å². The normalized spacial score (nSPS) is 18.9. The Morgan fingerprint density at radius 3 is 1.19 bits per heavy atom. The van der Waals surface area contributed by atoms with Crippen molar-refractivity contribution in [3.63, 3.8) is 0 Å². The summed E-state index contributed by atoms with van der Waals surface area (Å²) < 4.78 is 22.6. The Bertz CT molecular complexity index is 504. The first kappa shape index (κ1) is 50.1. The summed E-state index contributed by atoms with van der Waals surface area (Å²) in [6.07, 6.45) is 3.87. The molecule has 254 valence electrons. The van der Waals surface area contributed by atoms with Crippen molar-refractivity contribution in [2.75, 3.05) is 52.9 Å². The summed E-state index contributed by atoms with van der Waals surface area (Å²) in [6.45, 7) is 17.1. The molecule has 0 bridgehead atoms. The molecule has 7 unspecified atom stereocenters. The zero-order valence-electron chi connectivity index (χ0n) is 27.9. The molecule has 0 aromatic heterocycles. The Balaban J connectivity index is -0.000000313. The molecule has 11 nitrogen and oxygen atoms in total. The van der Waals surface area contributed by atoms with Crippen molar-refractivity contribution < 1.29 is 108 Å². The topological polar surface area (TPSA) is 192 Å².